The summed E-state index contributed by atoms with van der Waals surface area (Å²) >= 11 is 0. The molecule has 1 N–H and O–H groups in total. The molecule has 0 rings (SSSR count). The summed E-state index contributed by atoms with van der Waals surface area (Å²) in [6.45, 7) is 12.6. The Kier molecular flexibility index (Phi) is 10.3. The van der Waals surface area contributed by atoms with E-state index < -0.39 is 0 Å². The summed E-state index contributed by atoms with van der Waals surface area (Å²) in [6.07, 6.45) is 1.17. The van der Waals surface area contributed by atoms with Gasteiger partial charge in [-0.05, 0) is 25.8 Å². The Morgan fingerprint density at radius 2 is 1.73 bits per heavy atom. The van der Waals surface area contributed by atoms with Crippen molar-refractivity contribution in [3.8, 4) is 0 Å². The second-order valence-corrected chi connectivity index (χ2v) is 4.08. The molecule has 0 bridgehead atoms. The van der Waals surface area contributed by atoms with Gasteiger partial charge in [0.25, 0.3) is 0 Å². The molecule has 1 unspecified atom stereocenters. The Balaban J connectivity index is 3.48. The van der Waals surface area contributed by atoms with Crippen molar-refractivity contribution in [1.82, 2.24) is 5.32 Å². The molecule has 0 radical (unpaired) electrons. The Bertz CT molecular complexity index is 129. The van der Waals surface area contributed by atoms with Crippen LogP contribution in [-0.2, 0) is 9.47 Å². The van der Waals surface area contributed by atoms with E-state index in [1.807, 2.05) is 6.92 Å². The van der Waals surface area contributed by atoms with Crippen LogP contribution < -0.4 is 5.32 Å². The zero-order valence-corrected chi connectivity index (χ0v) is 10.7. The van der Waals surface area contributed by atoms with Crippen LogP contribution in [0.25, 0.3) is 0 Å². The first-order valence-electron chi connectivity index (χ1n) is 6.11. The number of hydrogen-bond donors (Lipinski definition) is 1. The largest absolute Gasteiger partial charge is 0.379 e. The smallest absolute Gasteiger partial charge is 0.0701 e. The van der Waals surface area contributed by atoms with Crippen molar-refractivity contribution in [2.24, 2.45) is 5.92 Å². The maximum absolute atomic E-state index is 5.57. The maximum atomic E-state index is 5.57. The molecule has 0 saturated carbocycles. The molecule has 0 fully saturated rings. The van der Waals surface area contributed by atoms with Crippen molar-refractivity contribution >= 4 is 0 Å². The zero-order valence-electron chi connectivity index (χ0n) is 10.7. The van der Waals surface area contributed by atoms with Gasteiger partial charge in [-0.15, -0.1) is 0 Å². The zero-order chi connectivity index (χ0) is 11.5. The monoisotopic (exact) mass is 217 g/mol. The molecule has 0 aliphatic heterocycles. The minimum atomic E-state index is 0.464. The lowest BCUT2D eigenvalue weighted by atomic mass is 10.1. The number of ether oxygens (including phenoxy) is 2. The third-order valence-electron chi connectivity index (χ3n) is 2.33. The van der Waals surface area contributed by atoms with Gasteiger partial charge in [-0.25, -0.2) is 0 Å². The number of rotatable bonds is 10. The van der Waals surface area contributed by atoms with Crippen molar-refractivity contribution in [3.05, 3.63) is 0 Å². The van der Waals surface area contributed by atoms with Crippen molar-refractivity contribution in [2.45, 2.75) is 40.2 Å². The van der Waals surface area contributed by atoms with Gasteiger partial charge in [0.05, 0.1) is 19.8 Å². The van der Waals surface area contributed by atoms with Crippen LogP contribution in [0.1, 0.15) is 34.1 Å². The summed E-state index contributed by atoms with van der Waals surface area (Å²) in [5, 5.41) is 3.49. The SMILES string of the molecule is CCCNC(COCCOCC)C(C)C. The van der Waals surface area contributed by atoms with Gasteiger partial charge in [-0.3, -0.25) is 0 Å². The van der Waals surface area contributed by atoms with Crippen LogP contribution in [-0.4, -0.2) is 39.0 Å². The van der Waals surface area contributed by atoms with Gasteiger partial charge in [-0.1, -0.05) is 20.8 Å². The van der Waals surface area contributed by atoms with E-state index >= 15 is 0 Å². The Morgan fingerprint density at radius 1 is 1.07 bits per heavy atom. The van der Waals surface area contributed by atoms with Gasteiger partial charge >= 0.3 is 0 Å². The van der Waals surface area contributed by atoms with E-state index in [1.54, 1.807) is 0 Å². The molecule has 3 heteroatoms. The molecule has 0 saturated heterocycles. The number of nitrogens with one attached hydrogen (secondary N) is 1. The van der Waals surface area contributed by atoms with Crippen molar-refractivity contribution < 1.29 is 9.47 Å². The highest BCUT2D eigenvalue weighted by Gasteiger charge is 2.11. The fraction of sp³-hybridized carbons (Fsp3) is 1.00. The molecular formula is C12H27NO2. The molecule has 0 spiro atoms. The van der Waals surface area contributed by atoms with Crippen LogP contribution in [0.5, 0.6) is 0 Å². The van der Waals surface area contributed by atoms with E-state index in [0.717, 1.165) is 19.8 Å². The molecule has 92 valence electrons. The lowest BCUT2D eigenvalue weighted by Crippen LogP contribution is -2.38. The first-order chi connectivity index (χ1) is 7.22. The standard InChI is InChI=1S/C12H27NO2/c1-5-7-13-12(11(3)4)10-15-9-8-14-6-2/h11-13H,5-10H2,1-4H3. The molecule has 3 nitrogen and oxygen atoms in total. The first-order valence-corrected chi connectivity index (χ1v) is 6.11. The number of hydrogen-bond acceptors (Lipinski definition) is 3. The van der Waals surface area contributed by atoms with E-state index in [1.165, 1.54) is 6.42 Å². The molecule has 0 aliphatic carbocycles. The average Bonchev–Trinajstić information content (AvgIpc) is 2.21. The molecule has 0 heterocycles. The van der Waals surface area contributed by atoms with Gasteiger partial charge < -0.3 is 14.8 Å². The van der Waals surface area contributed by atoms with E-state index in [4.69, 9.17) is 9.47 Å². The van der Waals surface area contributed by atoms with E-state index in [-0.39, 0.29) is 0 Å². The highest BCUT2D eigenvalue weighted by Crippen LogP contribution is 2.02. The molecular weight excluding hydrogens is 190 g/mol. The van der Waals surface area contributed by atoms with Crippen LogP contribution in [0.4, 0.5) is 0 Å². The molecule has 15 heavy (non-hydrogen) atoms. The van der Waals surface area contributed by atoms with Crippen LogP contribution >= 0.6 is 0 Å². The Morgan fingerprint density at radius 3 is 2.27 bits per heavy atom. The van der Waals surface area contributed by atoms with Gasteiger partial charge in [0.15, 0.2) is 0 Å². The van der Waals surface area contributed by atoms with Crippen molar-refractivity contribution in [1.29, 1.82) is 0 Å². The summed E-state index contributed by atoms with van der Waals surface area (Å²) < 4.78 is 10.8. The molecule has 0 aromatic rings. The van der Waals surface area contributed by atoms with Gasteiger partial charge in [0, 0.05) is 12.6 Å². The van der Waals surface area contributed by atoms with Crippen LogP contribution in [0.15, 0.2) is 0 Å². The summed E-state index contributed by atoms with van der Waals surface area (Å²) in [7, 11) is 0. The summed E-state index contributed by atoms with van der Waals surface area (Å²) in [5.74, 6) is 0.614. The fourth-order valence-corrected chi connectivity index (χ4v) is 1.29. The Labute approximate surface area is 94.5 Å². The third-order valence-corrected chi connectivity index (χ3v) is 2.33. The minimum absolute atomic E-state index is 0.464. The maximum Gasteiger partial charge on any atom is 0.0701 e. The summed E-state index contributed by atoms with van der Waals surface area (Å²) in [4.78, 5) is 0. The molecule has 0 amide bonds. The lowest BCUT2D eigenvalue weighted by molar-refractivity contribution is 0.0381. The average molecular weight is 217 g/mol. The van der Waals surface area contributed by atoms with E-state index in [0.29, 0.717) is 25.2 Å². The molecule has 0 aromatic carbocycles. The molecule has 1 atom stereocenters. The topological polar surface area (TPSA) is 30.5 Å². The van der Waals surface area contributed by atoms with E-state index in [2.05, 4.69) is 26.1 Å². The highest BCUT2D eigenvalue weighted by molar-refractivity contribution is 4.69. The summed E-state index contributed by atoms with van der Waals surface area (Å²) in [5.41, 5.74) is 0. The molecule has 0 aliphatic rings. The first kappa shape index (κ1) is 14.9. The second-order valence-electron chi connectivity index (χ2n) is 4.08. The van der Waals surface area contributed by atoms with Gasteiger partial charge in [0.2, 0.25) is 0 Å². The quantitative estimate of drug-likeness (QED) is 0.568. The lowest BCUT2D eigenvalue weighted by Gasteiger charge is -2.22. The van der Waals surface area contributed by atoms with Crippen LogP contribution in [0.2, 0.25) is 0 Å². The van der Waals surface area contributed by atoms with Crippen molar-refractivity contribution in [3.63, 3.8) is 0 Å². The Hall–Kier alpha value is -0.120. The molecule has 0 aromatic heterocycles. The summed E-state index contributed by atoms with van der Waals surface area (Å²) in [6, 6.07) is 0.464. The van der Waals surface area contributed by atoms with Crippen LogP contribution in [0, 0.1) is 5.92 Å². The van der Waals surface area contributed by atoms with Crippen molar-refractivity contribution in [2.75, 3.05) is 33.0 Å². The predicted molar refractivity (Wildman–Crippen MR) is 64.2 cm³/mol. The normalized spacial score (nSPS) is 13.4. The third kappa shape index (κ3) is 8.85. The second kappa shape index (κ2) is 10.4. The van der Waals surface area contributed by atoms with Gasteiger partial charge in [0.1, 0.15) is 0 Å². The predicted octanol–water partition coefficient (Wildman–Crippen LogP) is 2.06. The fourth-order valence-electron chi connectivity index (χ4n) is 1.29. The van der Waals surface area contributed by atoms with Gasteiger partial charge in [-0.2, -0.15) is 0 Å². The van der Waals surface area contributed by atoms with Crippen LogP contribution in [0.3, 0.4) is 0 Å². The van der Waals surface area contributed by atoms with E-state index in [9.17, 15) is 0 Å². The highest BCUT2D eigenvalue weighted by atomic mass is 16.5. The minimum Gasteiger partial charge on any atom is -0.379 e.